The fourth-order valence-corrected chi connectivity index (χ4v) is 1.68. The van der Waals surface area contributed by atoms with Gasteiger partial charge < -0.3 is 5.32 Å². The minimum absolute atomic E-state index is 0.341. The van der Waals surface area contributed by atoms with Gasteiger partial charge in [0.15, 0.2) is 0 Å². The van der Waals surface area contributed by atoms with Crippen LogP contribution in [0.15, 0.2) is 34.9 Å². The second-order valence-corrected chi connectivity index (χ2v) is 4.10. The second kappa shape index (κ2) is 4.57. The van der Waals surface area contributed by atoms with E-state index in [4.69, 9.17) is 0 Å². The highest BCUT2D eigenvalue weighted by atomic mass is 79.9. The smallest absolute Gasteiger partial charge is 0.227 e. The summed E-state index contributed by atoms with van der Waals surface area (Å²) in [4.78, 5) is 8.15. The Morgan fingerprint density at radius 2 is 2.12 bits per heavy atom. The predicted octanol–water partition coefficient (Wildman–Crippen LogP) is 3.43. The molecule has 0 aliphatic carbocycles. The summed E-state index contributed by atoms with van der Waals surface area (Å²) in [6, 6.07) is 6.54. The molecule has 1 aromatic heterocycles. The first kappa shape index (κ1) is 11.0. The Hall–Kier alpha value is -1.49. The zero-order valence-electron chi connectivity index (χ0n) is 8.54. The number of hydrogen-bond donors (Lipinski definition) is 1. The van der Waals surface area contributed by atoms with E-state index >= 15 is 0 Å². The number of halogens is 2. The molecule has 16 heavy (non-hydrogen) atoms. The maximum absolute atomic E-state index is 13.5. The molecule has 0 amide bonds. The molecule has 0 aliphatic rings. The van der Waals surface area contributed by atoms with Crippen LogP contribution >= 0.6 is 15.9 Å². The Morgan fingerprint density at radius 1 is 1.31 bits per heavy atom. The lowest BCUT2D eigenvalue weighted by atomic mass is 10.3. The highest BCUT2D eigenvalue weighted by molar-refractivity contribution is 9.10. The van der Waals surface area contributed by atoms with Crippen LogP contribution in [0.3, 0.4) is 0 Å². The Bertz CT molecular complexity index is 496. The van der Waals surface area contributed by atoms with E-state index in [0.29, 0.717) is 16.1 Å². The van der Waals surface area contributed by atoms with Crippen molar-refractivity contribution >= 4 is 27.6 Å². The van der Waals surface area contributed by atoms with Gasteiger partial charge in [-0.2, -0.15) is 0 Å². The van der Waals surface area contributed by atoms with Crippen molar-refractivity contribution in [3.05, 3.63) is 46.4 Å². The van der Waals surface area contributed by atoms with Gasteiger partial charge >= 0.3 is 0 Å². The van der Waals surface area contributed by atoms with Crippen LogP contribution in [0.25, 0.3) is 0 Å². The normalized spacial score (nSPS) is 10.2. The third kappa shape index (κ3) is 2.36. The number of hydrogen-bond acceptors (Lipinski definition) is 3. The molecule has 1 N–H and O–H groups in total. The Kier molecular flexibility index (Phi) is 3.14. The topological polar surface area (TPSA) is 37.8 Å². The zero-order chi connectivity index (χ0) is 11.5. The van der Waals surface area contributed by atoms with E-state index in [2.05, 4.69) is 31.2 Å². The quantitative estimate of drug-likeness (QED) is 0.917. The molecule has 0 saturated heterocycles. The maximum atomic E-state index is 13.5. The number of anilines is 2. The van der Waals surface area contributed by atoms with Crippen LogP contribution in [0.4, 0.5) is 16.0 Å². The SMILES string of the molecule is Cc1ccnc(Nc2c(F)cccc2Br)n1. The minimum Gasteiger partial charge on any atom is -0.321 e. The number of aromatic nitrogens is 2. The maximum Gasteiger partial charge on any atom is 0.227 e. The van der Waals surface area contributed by atoms with E-state index in [1.54, 1.807) is 24.4 Å². The van der Waals surface area contributed by atoms with Gasteiger partial charge in [-0.15, -0.1) is 0 Å². The van der Waals surface area contributed by atoms with Crippen molar-refractivity contribution in [3.63, 3.8) is 0 Å². The molecule has 0 unspecified atom stereocenters. The molecule has 0 radical (unpaired) electrons. The molecule has 0 fully saturated rings. The average molecular weight is 282 g/mol. The number of benzene rings is 1. The van der Waals surface area contributed by atoms with Crippen LogP contribution in [0.2, 0.25) is 0 Å². The number of rotatable bonds is 2. The Labute approximate surface area is 101 Å². The molecule has 2 rings (SSSR count). The molecular formula is C11H9BrFN3. The van der Waals surface area contributed by atoms with Gasteiger partial charge in [-0.3, -0.25) is 0 Å². The van der Waals surface area contributed by atoms with Crippen molar-refractivity contribution in [2.45, 2.75) is 6.92 Å². The van der Waals surface area contributed by atoms with Gasteiger partial charge in [-0.1, -0.05) is 6.07 Å². The molecule has 1 heterocycles. The summed E-state index contributed by atoms with van der Waals surface area (Å²) >= 11 is 3.27. The molecule has 3 nitrogen and oxygen atoms in total. The van der Waals surface area contributed by atoms with Crippen LogP contribution in [0, 0.1) is 12.7 Å². The first-order chi connectivity index (χ1) is 7.66. The van der Waals surface area contributed by atoms with Crippen molar-refractivity contribution in [1.29, 1.82) is 0 Å². The van der Waals surface area contributed by atoms with E-state index in [0.717, 1.165) is 5.69 Å². The van der Waals surface area contributed by atoms with Gasteiger partial charge in [0, 0.05) is 16.4 Å². The minimum atomic E-state index is -0.348. The summed E-state index contributed by atoms with van der Waals surface area (Å²) in [6.45, 7) is 1.85. The number of para-hydroxylation sites is 1. The molecule has 82 valence electrons. The summed E-state index contributed by atoms with van der Waals surface area (Å²) < 4.78 is 14.1. The predicted molar refractivity (Wildman–Crippen MR) is 64.2 cm³/mol. The zero-order valence-corrected chi connectivity index (χ0v) is 10.1. The molecule has 0 aliphatic heterocycles. The van der Waals surface area contributed by atoms with Crippen molar-refractivity contribution in [1.82, 2.24) is 9.97 Å². The van der Waals surface area contributed by atoms with E-state index in [1.807, 2.05) is 6.92 Å². The van der Waals surface area contributed by atoms with Gasteiger partial charge in [0.25, 0.3) is 0 Å². The van der Waals surface area contributed by atoms with Crippen LogP contribution in [0.1, 0.15) is 5.69 Å². The molecule has 2 aromatic rings. The van der Waals surface area contributed by atoms with Gasteiger partial charge in [0.1, 0.15) is 5.82 Å². The summed E-state index contributed by atoms with van der Waals surface area (Å²) in [7, 11) is 0. The standard InChI is InChI=1S/C11H9BrFN3/c1-7-5-6-14-11(15-7)16-10-8(12)3-2-4-9(10)13/h2-6H,1H3,(H,14,15,16). The molecule has 0 spiro atoms. The van der Waals surface area contributed by atoms with E-state index in [9.17, 15) is 4.39 Å². The first-order valence-corrected chi connectivity index (χ1v) is 5.47. The second-order valence-electron chi connectivity index (χ2n) is 3.24. The molecule has 0 saturated carbocycles. The lowest BCUT2D eigenvalue weighted by Crippen LogP contribution is -2.00. The van der Waals surface area contributed by atoms with Crippen LogP contribution < -0.4 is 5.32 Å². The summed E-state index contributed by atoms with van der Waals surface area (Å²) in [5.41, 5.74) is 1.16. The molecule has 1 aromatic carbocycles. The Balaban J connectivity index is 2.34. The molecule has 0 bridgehead atoms. The van der Waals surface area contributed by atoms with Gasteiger partial charge in [0.05, 0.1) is 5.69 Å². The first-order valence-electron chi connectivity index (χ1n) is 4.67. The van der Waals surface area contributed by atoms with Crippen LogP contribution in [0.5, 0.6) is 0 Å². The molecule has 5 heteroatoms. The largest absolute Gasteiger partial charge is 0.321 e. The molecular weight excluding hydrogens is 273 g/mol. The van der Waals surface area contributed by atoms with Crippen molar-refractivity contribution in [3.8, 4) is 0 Å². The van der Waals surface area contributed by atoms with E-state index < -0.39 is 0 Å². The van der Waals surface area contributed by atoms with Crippen LogP contribution in [-0.4, -0.2) is 9.97 Å². The average Bonchev–Trinajstić information content (AvgIpc) is 2.24. The van der Waals surface area contributed by atoms with Crippen molar-refractivity contribution < 1.29 is 4.39 Å². The number of nitrogens with zero attached hydrogens (tertiary/aromatic N) is 2. The molecule has 0 atom stereocenters. The fraction of sp³-hybridized carbons (Fsp3) is 0.0909. The van der Waals surface area contributed by atoms with Crippen LogP contribution in [-0.2, 0) is 0 Å². The van der Waals surface area contributed by atoms with Crippen molar-refractivity contribution in [2.24, 2.45) is 0 Å². The highest BCUT2D eigenvalue weighted by Crippen LogP contribution is 2.27. The fourth-order valence-electron chi connectivity index (χ4n) is 1.24. The highest BCUT2D eigenvalue weighted by Gasteiger charge is 2.07. The lowest BCUT2D eigenvalue weighted by Gasteiger charge is -2.07. The lowest BCUT2D eigenvalue weighted by molar-refractivity contribution is 0.631. The summed E-state index contributed by atoms with van der Waals surface area (Å²) in [5, 5.41) is 2.84. The monoisotopic (exact) mass is 281 g/mol. The number of aryl methyl sites for hydroxylation is 1. The van der Waals surface area contributed by atoms with E-state index in [-0.39, 0.29) is 5.82 Å². The van der Waals surface area contributed by atoms with Crippen molar-refractivity contribution in [2.75, 3.05) is 5.32 Å². The van der Waals surface area contributed by atoms with Gasteiger partial charge in [0.2, 0.25) is 5.95 Å². The third-order valence-electron chi connectivity index (χ3n) is 1.99. The third-order valence-corrected chi connectivity index (χ3v) is 2.66. The summed E-state index contributed by atoms with van der Waals surface area (Å²) in [6.07, 6.45) is 1.62. The van der Waals surface area contributed by atoms with Gasteiger partial charge in [-0.25, -0.2) is 14.4 Å². The van der Waals surface area contributed by atoms with E-state index in [1.165, 1.54) is 6.07 Å². The number of nitrogens with one attached hydrogen (secondary N) is 1. The van der Waals surface area contributed by atoms with Gasteiger partial charge in [-0.05, 0) is 41.1 Å². The Morgan fingerprint density at radius 3 is 2.81 bits per heavy atom. The summed E-state index contributed by atoms with van der Waals surface area (Å²) in [5.74, 6) is 0.0327.